The zero-order chi connectivity index (χ0) is 11.3. The van der Waals surface area contributed by atoms with Crippen molar-refractivity contribution in [2.24, 2.45) is 11.8 Å². The predicted molar refractivity (Wildman–Crippen MR) is 61.9 cm³/mol. The van der Waals surface area contributed by atoms with Crippen LogP contribution in [-0.2, 0) is 4.74 Å². The molecule has 0 saturated heterocycles. The molecule has 15 heavy (non-hydrogen) atoms. The first-order chi connectivity index (χ1) is 7.02. The predicted octanol–water partition coefficient (Wildman–Crippen LogP) is 1.41. The normalized spacial score (nSPS) is 20.6. The average Bonchev–Trinajstić information content (AvgIpc) is 2.94. The van der Waals surface area contributed by atoms with Crippen molar-refractivity contribution in [3.05, 3.63) is 0 Å². The van der Waals surface area contributed by atoms with Crippen LogP contribution in [0.1, 0.15) is 33.6 Å². The summed E-state index contributed by atoms with van der Waals surface area (Å²) in [5, 5.41) is 13.2. The fourth-order valence-electron chi connectivity index (χ4n) is 1.22. The molecule has 2 N–H and O–H groups in total. The maximum Gasteiger partial charge on any atom is 0.0766 e. The van der Waals surface area contributed by atoms with Crippen molar-refractivity contribution in [1.82, 2.24) is 5.32 Å². The van der Waals surface area contributed by atoms with E-state index >= 15 is 0 Å². The summed E-state index contributed by atoms with van der Waals surface area (Å²) in [6, 6.07) is 0. The summed E-state index contributed by atoms with van der Waals surface area (Å²) in [5.41, 5.74) is -0.615. The van der Waals surface area contributed by atoms with Gasteiger partial charge in [-0.3, -0.25) is 0 Å². The Kier molecular flexibility index (Phi) is 5.03. The largest absolute Gasteiger partial charge is 0.389 e. The molecule has 0 aromatic carbocycles. The number of hydrogen-bond donors (Lipinski definition) is 2. The molecule has 0 aromatic heterocycles. The lowest BCUT2D eigenvalue weighted by Crippen LogP contribution is -2.43. The summed E-state index contributed by atoms with van der Waals surface area (Å²) >= 11 is 0. The number of aliphatic hydroxyl groups is 1. The second-order valence-electron chi connectivity index (χ2n) is 5.21. The molecular formula is C12H25NO2. The molecule has 1 atom stereocenters. The first-order valence-electron chi connectivity index (χ1n) is 6.03. The lowest BCUT2D eigenvalue weighted by Gasteiger charge is -2.27. The third-order valence-electron chi connectivity index (χ3n) is 3.20. The quantitative estimate of drug-likeness (QED) is 0.602. The third-order valence-corrected chi connectivity index (χ3v) is 3.20. The van der Waals surface area contributed by atoms with Crippen molar-refractivity contribution in [1.29, 1.82) is 0 Å². The number of ether oxygens (including phenoxy) is 1. The molecule has 1 aliphatic rings. The molecule has 0 spiro atoms. The summed E-state index contributed by atoms with van der Waals surface area (Å²) in [6.45, 7) is 9.08. The molecular weight excluding hydrogens is 190 g/mol. The van der Waals surface area contributed by atoms with Crippen LogP contribution in [0.2, 0.25) is 0 Å². The van der Waals surface area contributed by atoms with Crippen LogP contribution in [0.4, 0.5) is 0 Å². The first-order valence-corrected chi connectivity index (χ1v) is 6.03. The molecule has 1 unspecified atom stereocenters. The van der Waals surface area contributed by atoms with E-state index < -0.39 is 5.60 Å². The fourth-order valence-corrected chi connectivity index (χ4v) is 1.22. The van der Waals surface area contributed by atoms with Gasteiger partial charge in [0.05, 0.1) is 12.2 Å². The molecule has 0 radical (unpaired) electrons. The summed E-state index contributed by atoms with van der Waals surface area (Å²) in [6.07, 6.45) is 2.69. The fraction of sp³-hybridized carbons (Fsp3) is 1.00. The number of hydrogen-bond acceptors (Lipinski definition) is 3. The smallest absolute Gasteiger partial charge is 0.0766 e. The molecule has 0 amide bonds. The van der Waals surface area contributed by atoms with E-state index in [0.717, 1.165) is 25.7 Å². The highest BCUT2D eigenvalue weighted by Crippen LogP contribution is 2.28. The zero-order valence-electron chi connectivity index (χ0n) is 10.3. The van der Waals surface area contributed by atoms with E-state index in [0.29, 0.717) is 6.54 Å². The van der Waals surface area contributed by atoms with Crippen molar-refractivity contribution in [3.63, 3.8) is 0 Å². The molecule has 3 nitrogen and oxygen atoms in total. The van der Waals surface area contributed by atoms with Gasteiger partial charge in [0.15, 0.2) is 0 Å². The lowest BCUT2D eigenvalue weighted by molar-refractivity contribution is 0.0123. The number of nitrogens with one attached hydrogen (secondary N) is 1. The van der Waals surface area contributed by atoms with E-state index in [-0.39, 0.29) is 5.92 Å². The summed E-state index contributed by atoms with van der Waals surface area (Å²) in [4.78, 5) is 0. The molecule has 1 aliphatic carbocycles. The Labute approximate surface area is 93.2 Å². The maximum absolute atomic E-state index is 9.94. The minimum Gasteiger partial charge on any atom is -0.389 e. The van der Waals surface area contributed by atoms with Crippen LogP contribution in [-0.4, -0.2) is 37.0 Å². The molecule has 1 saturated carbocycles. The minimum absolute atomic E-state index is 0.275. The van der Waals surface area contributed by atoms with Crippen LogP contribution in [0.5, 0.6) is 0 Å². The Morgan fingerprint density at radius 2 is 2.13 bits per heavy atom. The van der Waals surface area contributed by atoms with Crippen LogP contribution in [0.25, 0.3) is 0 Å². The Morgan fingerprint density at radius 3 is 2.67 bits per heavy atom. The van der Waals surface area contributed by atoms with Gasteiger partial charge in [0, 0.05) is 19.7 Å². The topological polar surface area (TPSA) is 41.5 Å². The molecule has 1 rings (SSSR count). The summed E-state index contributed by atoms with van der Waals surface area (Å²) in [7, 11) is 0. The van der Waals surface area contributed by atoms with E-state index in [2.05, 4.69) is 5.32 Å². The third kappa shape index (κ3) is 5.50. The molecule has 0 aromatic rings. The first kappa shape index (κ1) is 12.9. The monoisotopic (exact) mass is 215 g/mol. The van der Waals surface area contributed by atoms with Gasteiger partial charge in [-0.1, -0.05) is 13.8 Å². The van der Waals surface area contributed by atoms with Gasteiger partial charge in [0.1, 0.15) is 0 Å². The van der Waals surface area contributed by atoms with Gasteiger partial charge in [0.2, 0.25) is 0 Å². The van der Waals surface area contributed by atoms with Crippen LogP contribution in [0, 0.1) is 11.8 Å². The van der Waals surface area contributed by atoms with Crippen LogP contribution >= 0.6 is 0 Å². The van der Waals surface area contributed by atoms with Crippen molar-refractivity contribution in [2.45, 2.75) is 39.2 Å². The molecule has 1 fully saturated rings. The Morgan fingerprint density at radius 1 is 1.47 bits per heavy atom. The van der Waals surface area contributed by atoms with E-state index in [9.17, 15) is 5.11 Å². The van der Waals surface area contributed by atoms with Crippen LogP contribution in [0.3, 0.4) is 0 Å². The zero-order valence-corrected chi connectivity index (χ0v) is 10.3. The van der Waals surface area contributed by atoms with Gasteiger partial charge in [-0.25, -0.2) is 0 Å². The van der Waals surface area contributed by atoms with E-state index in [4.69, 9.17) is 4.74 Å². The lowest BCUT2D eigenvalue weighted by atomic mass is 9.93. The second-order valence-corrected chi connectivity index (χ2v) is 5.21. The molecule has 0 bridgehead atoms. The van der Waals surface area contributed by atoms with Crippen molar-refractivity contribution >= 4 is 0 Å². The molecule has 3 heteroatoms. The van der Waals surface area contributed by atoms with Gasteiger partial charge in [-0.15, -0.1) is 0 Å². The Balaban J connectivity index is 1.90. The van der Waals surface area contributed by atoms with Crippen molar-refractivity contribution < 1.29 is 9.84 Å². The maximum atomic E-state index is 9.94. The highest BCUT2D eigenvalue weighted by atomic mass is 16.5. The average molecular weight is 215 g/mol. The van der Waals surface area contributed by atoms with Crippen LogP contribution < -0.4 is 5.32 Å². The highest BCUT2D eigenvalue weighted by Gasteiger charge is 2.24. The minimum atomic E-state index is -0.615. The van der Waals surface area contributed by atoms with Gasteiger partial charge in [-0.05, 0) is 31.6 Å². The molecule has 0 aliphatic heterocycles. The highest BCUT2D eigenvalue weighted by molar-refractivity contribution is 4.78. The number of rotatable bonds is 8. The van der Waals surface area contributed by atoms with Gasteiger partial charge in [0.25, 0.3) is 0 Å². The van der Waals surface area contributed by atoms with Gasteiger partial charge >= 0.3 is 0 Å². The van der Waals surface area contributed by atoms with E-state index in [1.165, 1.54) is 12.8 Å². The molecule has 90 valence electrons. The Hall–Kier alpha value is -0.120. The van der Waals surface area contributed by atoms with E-state index in [1.807, 2.05) is 20.8 Å². The summed E-state index contributed by atoms with van der Waals surface area (Å²) in [5.74, 6) is 1.11. The van der Waals surface area contributed by atoms with Crippen molar-refractivity contribution in [3.8, 4) is 0 Å². The molecule has 0 heterocycles. The van der Waals surface area contributed by atoms with Gasteiger partial charge < -0.3 is 15.2 Å². The van der Waals surface area contributed by atoms with E-state index in [1.54, 1.807) is 0 Å². The Bertz CT molecular complexity index is 176. The van der Waals surface area contributed by atoms with Gasteiger partial charge in [-0.2, -0.15) is 0 Å². The second kappa shape index (κ2) is 5.83. The summed E-state index contributed by atoms with van der Waals surface area (Å²) < 4.78 is 5.49. The van der Waals surface area contributed by atoms with Crippen molar-refractivity contribution in [2.75, 3.05) is 26.3 Å². The SMILES string of the molecule is CC(C)C(C)(O)CNCCOCC1CC1. The van der Waals surface area contributed by atoms with Crippen LogP contribution in [0.15, 0.2) is 0 Å². The standard InChI is InChI=1S/C12H25NO2/c1-10(2)12(3,14)9-13-6-7-15-8-11-4-5-11/h10-11,13-14H,4-9H2,1-3H3.